The molecule has 94 valence electrons. The maximum absolute atomic E-state index is 6.40. The number of ether oxygens (including phenoxy) is 1. The van der Waals surface area contributed by atoms with E-state index in [1.54, 1.807) is 7.11 Å². The van der Waals surface area contributed by atoms with Gasteiger partial charge in [0.15, 0.2) is 0 Å². The Bertz CT molecular complexity index is 386. The maximum Gasteiger partial charge on any atom is 0.0716 e. The van der Waals surface area contributed by atoms with Crippen molar-refractivity contribution < 1.29 is 4.74 Å². The average molecular weight is 254 g/mol. The van der Waals surface area contributed by atoms with E-state index >= 15 is 0 Å². The molecule has 1 aliphatic carbocycles. The quantitative estimate of drug-likeness (QED) is 0.894. The molecule has 1 fully saturated rings. The van der Waals surface area contributed by atoms with Crippen molar-refractivity contribution in [3.63, 3.8) is 0 Å². The Morgan fingerprint density at radius 1 is 1.35 bits per heavy atom. The number of hydrogen-bond acceptors (Lipinski definition) is 2. The van der Waals surface area contributed by atoms with Gasteiger partial charge in [0.25, 0.3) is 0 Å². The largest absolute Gasteiger partial charge is 0.380 e. The summed E-state index contributed by atoms with van der Waals surface area (Å²) in [5.41, 5.74) is 8.52. The van der Waals surface area contributed by atoms with Crippen LogP contribution in [-0.4, -0.2) is 13.7 Å². The van der Waals surface area contributed by atoms with Crippen LogP contribution in [0.4, 0.5) is 0 Å². The molecule has 0 unspecified atom stereocenters. The standard InChI is InChI=1S/C14H20ClNO/c1-17-9-11-5-4-6-12(15)13(11)14(10-16)7-2-3-8-14/h4-6H,2-3,7-10,16H2,1H3. The minimum absolute atomic E-state index is 0.0756. The summed E-state index contributed by atoms with van der Waals surface area (Å²) in [5.74, 6) is 0. The monoisotopic (exact) mass is 253 g/mol. The molecule has 0 atom stereocenters. The third-order valence-electron chi connectivity index (χ3n) is 3.88. The first kappa shape index (κ1) is 12.9. The molecule has 0 amide bonds. The summed E-state index contributed by atoms with van der Waals surface area (Å²) in [6.45, 7) is 1.28. The second-order valence-corrected chi connectivity index (χ2v) is 5.31. The van der Waals surface area contributed by atoms with Crippen molar-refractivity contribution in [2.75, 3.05) is 13.7 Å². The van der Waals surface area contributed by atoms with Crippen LogP contribution in [0.1, 0.15) is 36.8 Å². The summed E-state index contributed by atoms with van der Waals surface area (Å²) in [5, 5.41) is 0.840. The van der Waals surface area contributed by atoms with Gasteiger partial charge >= 0.3 is 0 Å². The lowest BCUT2D eigenvalue weighted by Crippen LogP contribution is -2.33. The van der Waals surface area contributed by atoms with E-state index in [1.807, 2.05) is 12.1 Å². The lowest BCUT2D eigenvalue weighted by Gasteiger charge is -2.31. The zero-order valence-corrected chi connectivity index (χ0v) is 11.1. The van der Waals surface area contributed by atoms with Gasteiger partial charge in [-0.15, -0.1) is 0 Å². The number of methoxy groups -OCH3 is 1. The molecule has 3 heteroatoms. The summed E-state index contributed by atoms with van der Waals surface area (Å²) >= 11 is 6.40. The van der Waals surface area contributed by atoms with Crippen LogP contribution in [0, 0.1) is 0 Å². The predicted molar refractivity (Wildman–Crippen MR) is 71.4 cm³/mol. The van der Waals surface area contributed by atoms with Crippen LogP contribution in [0.5, 0.6) is 0 Å². The van der Waals surface area contributed by atoms with E-state index in [4.69, 9.17) is 22.1 Å². The number of benzene rings is 1. The Morgan fingerprint density at radius 3 is 2.65 bits per heavy atom. The Morgan fingerprint density at radius 2 is 2.06 bits per heavy atom. The highest BCUT2D eigenvalue weighted by molar-refractivity contribution is 6.31. The Kier molecular flexibility index (Phi) is 4.08. The summed E-state index contributed by atoms with van der Waals surface area (Å²) in [7, 11) is 1.72. The zero-order chi connectivity index (χ0) is 12.3. The van der Waals surface area contributed by atoms with Crippen molar-refractivity contribution in [2.45, 2.75) is 37.7 Å². The van der Waals surface area contributed by atoms with Gasteiger partial charge in [0.2, 0.25) is 0 Å². The number of rotatable bonds is 4. The fourth-order valence-electron chi connectivity index (χ4n) is 3.05. The molecule has 1 saturated carbocycles. The zero-order valence-electron chi connectivity index (χ0n) is 10.3. The fourth-order valence-corrected chi connectivity index (χ4v) is 3.44. The molecule has 1 aromatic carbocycles. The average Bonchev–Trinajstić information content (AvgIpc) is 2.79. The molecule has 0 spiro atoms. The van der Waals surface area contributed by atoms with Gasteiger partial charge in [0.1, 0.15) is 0 Å². The van der Waals surface area contributed by atoms with E-state index in [-0.39, 0.29) is 5.41 Å². The predicted octanol–water partition coefficient (Wildman–Crippen LogP) is 3.26. The maximum atomic E-state index is 6.40. The van der Waals surface area contributed by atoms with Gasteiger partial charge in [0, 0.05) is 24.1 Å². The number of halogens is 1. The van der Waals surface area contributed by atoms with Crippen LogP contribution in [0.2, 0.25) is 5.02 Å². The summed E-state index contributed by atoms with van der Waals surface area (Å²) in [6, 6.07) is 6.05. The molecule has 1 aliphatic rings. The van der Waals surface area contributed by atoms with Crippen LogP contribution in [0.15, 0.2) is 18.2 Å². The molecule has 2 rings (SSSR count). The van der Waals surface area contributed by atoms with Gasteiger partial charge in [-0.3, -0.25) is 0 Å². The van der Waals surface area contributed by atoms with E-state index in [0.29, 0.717) is 13.2 Å². The van der Waals surface area contributed by atoms with Crippen LogP contribution in [0.3, 0.4) is 0 Å². The van der Waals surface area contributed by atoms with Gasteiger partial charge in [-0.2, -0.15) is 0 Å². The highest BCUT2D eigenvalue weighted by Gasteiger charge is 2.37. The second-order valence-electron chi connectivity index (χ2n) is 4.90. The Labute approximate surface area is 108 Å². The third-order valence-corrected chi connectivity index (χ3v) is 4.20. The number of nitrogens with two attached hydrogens (primary N) is 1. The summed E-state index contributed by atoms with van der Waals surface area (Å²) < 4.78 is 5.27. The molecule has 0 bridgehead atoms. The lowest BCUT2D eigenvalue weighted by atomic mass is 9.76. The van der Waals surface area contributed by atoms with Crippen LogP contribution >= 0.6 is 11.6 Å². The number of hydrogen-bond donors (Lipinski definition) is 1. The molecular formula is C14H20ClNO. The summed E-state index contributed by atoms with van der Waals surface area (Å²) in [6.07, 6.45) is 4.78. The van der Waals surface area contributed by atoms with E-state index < -0.39 is 0 Å². The van der Waals surface area contributed by atoms with Crippen molar-refractivity contribution in [3.05, 3.63) is 34.3 Å². The molecule has 17 heavy (non-hydrogen) atoms. The molecule has 0 aromatic heterocycles. The van der Waals surface area contributed by atoms with Gasteiger partial charge in [-0.25, -0.2) is 0 Å². The second kappa shape index (κ2) is 5.38. The molecule has 0 heterocycles. The summed E-state index contributed by atoms with van der Waals surface area (Å²) in [4.78, 5) is 0. The van der Waals surface area contributed by atoms with Crippen LogP contribution in [0.25, 0.3) is 0 Å². The van der Waals surface area contributed by atoms with Crippen molar-refractivity contribution in [3.8, 4) is 0 Å². The molecule has 2 N–H and O–H groups in total. The molecule has 0 radical (unpaired) electrons. The van der Waals surface area contributed by atoms with Gasteiger partial charge in [-0.05, 0) is 30.0 Å². The van der Waals surface area contributed by atoms with Gasteiger partial charge in [0.05, 0.1) is 6.61 Å². The van der Waals surface area contributed by atoms with Crippen molar-refractivity contribution in [1.82, 2.24) is 0 Å². The van der Waals surface area contributed by atoms with E-state index in [0.717, 1.165) is 17.9 Å². The van der Waals surface area contributed by atoms with E-state index in [1.165, 1.54) is 24.0 Å². The molecule has 2 nitrogen and oxygen atoms in total. The minimum atomic E-state index is 0.0756. The highest BCUT2D eigenvalue weighted by Crippen LogP contribution is 2.44. The normalized spacial score (nSPS) is 18.5. The van der Waals surface area contributed by atoms with Crippen molar-refractivity contribution >= 4 is 11.6 Å². The van der Waals surface area contributed by atoms with Crippen molar-refractivity contribution in [1.29, 1.82) is 0 Å². The van der Waals surface area contributed by atoms with Crippen LogP contribution < -0.4 is 5.73 Å². The highest BCUT2D eigenvalue weighted by atomic mass is 35.5. The van der Waals surface area contributed by atoms with E-state index in [9.17, 15) is 0 Å². The SMILES string of the molecule is COCc1cccc(Cl)c1C1(CN)CCCC1. The smallest absolute Gasteiger partial charge is 0.0716 e. The minimum Gasteiger partial charge on any atom is -0.380 e. The molecule has 0 saturated heterocycles. The lowest BCUT2D eigenvalue weighted by molar-refractivity contribution is 0.182. The molecular weight excluding hydrogens is 234 g/mol. The van der Waals surface area contributed by atoms with Gasteiger partial charge in [-0.1, -0.05) is 36.6 Å². The van der Waals surface area contributed by atoms with Crippen molar-refractivity contribution in [2.24, 2.45) is 5.73 Å². The fraction of sp³-hybridized carbons (Fsp3) is 0.571. The Balaban J connectivity index is 2.48. The van der Waals surface area contributed by atoms with Gasteiger partial charge < -0.3 is 10.5 Å². The Hall–Kier alpha value is -0.570. The first-order valence-electron chi connectivity index (χ1n) is 6.20. The molecule has 0 aliphatic heterocycles. The van der Waals surface area contributed by atoms with E-state index in [2.05, 4.69) is 6.07 Å². The third kappa shape index (κ3) is 2.35. The molecule has 1 aromatic rings. The first-order valence-corrected chi connectivity index (χ1v) is 6.58. The van der Waals surface area contributed by atoms with Crippen LogP contribution in [-0.2, 0) is 16.8 Å². The first-order chi connectivity index (χ1) is 8.23. The topological polar surface area (TPSA) is 35.2 Å².